The summed E-state index contributed by atoms with van der Waals surface area (Å²) in [5, 5.41) is 36.5. The molecule has 6 N–H and O–H groups in total. The van der Waals surface area contributed by atoms with Crippen molar-refractivity contribution in [2.24, 2.45) is 23.5 Å². The van der Waals surface area contributed by atoms with E-state index < -0.39 is 58.4 Å². The Hall–Kier alpha value is -4.51. The van der Waals surface area contributed by atoms with Gasteiger partial charge in [0.15, 0.2) is 11.6 Å². The van der Waals surface area contributed by atoms with Gasteiger partial charge in [-0.3, -0.25) is 14.4 Å². The van der Waals surface area contributed by atoms with Gasteiger partial charge in [0.1, 0.15) is 28.6 Å². The highest BCUT2D eigenvalue weighted by molar-refractivity contribution is 6.30. The van der Waals surface area contributed by atoms with Crippen molar-refractivity contribution < 1.29 is 39.2 Å². The number of aliphatic hydroxyl groups is 2. The number of ether oxygens (including phenoxy) is 1. The third kappa shape index (κ3) is 4.86. The number of phenols is 1. The molecule has 12 heteroatoms. The predicted octanol–water partition coefficient (Wildman–Crippen LogP) is 3.32. The number of carbonyl (C=O) groups excluding carboxylic acids is 4. The van der Waals surface area contributed by atoms with Gasteiger partial charge in [0.05, 0.1) is 11.5 Å². The fraction of sp³-hybridized carbons (Fsp3) is 0.310. The van der Waals surface area contributed by atoms with E-state index in [0.29, 0.717) is 22.7 Å². The molecule has 0 aromatic heterocycles. The van der Waals surface area contributed by atoms with Crippen LogP contribution in [-0.2, 0) is 27.3 Å². The molecule has 41 heavy (non-hydrogen) atoms. The van der Waals surface area contributed by atoms with Crippen LogP contribution in [-0.4, -0.2) is 53.0 Å². The number of halogens is 1. The zero-order chi connectivity index (χ0) is 29.7. The normalized spacial score (nSPS) is 21.6. The van der Waals surface area contributed by atoms with Gasteiger partial charge in [0.25, 0.3) is 5.91 Å². The number of nitrogens with one attached hydrogen (secondary N) is 1. The smallest absolute Gasteiger partial charge is 0.412 e. The lowest BCUT2D eigenvalue weighted by molar-refractivity contribution is -0.127. The average Bonchev–Trinajstić information content (AvgIpc) is 2.88. The molecule has 3 aliphatic rings. The quantitative estimate of drug-likeness (QED) is 0.331. The van der Waals surface area contributed by atoms with Gasteiger partial charge in [0.2, 0.25) is 0 Å². The maximum Gasteiger partial charge on any atom is 0.412 e. The van der Waals surface area contributed by atoms with Crippen LogP contribution in [0.15, 0.2) is 47.2 Å². The Kier molecular flexibility index (Phi) is 7.16. The van der Waals surface area contributed by atoms with Crippen LogP contribution in [0.25, 0.3) is 5.76 Å². The number of benzene rings is 2. The van der Waals surface area contributed by atoms with E-state index in [1.807, 2.05) is 0 Å². The molecule has 3 atom stereocenters. The second kappa shape index (κ2) is 10.5. The van der Waals surface area contributed by atoms with Gasteiger partial charge in [-0.1, -0.05) is 11.6 Å². The largest absolute Gasteiger partial charge is 0.511 e. The highest BCUT2D eigenvalue weighted by Gasteiger charge is 2.51. The van der Waals surface area contributed by atoms with Crippen LogP contribution in [0, 0.1) is 17.8 Å². The number of Topliss-reactive ketones (excluding diaryl/α,β-unsaturated/α-hetero) is 2. The molecule has 0 heterocycles. The third-order valence-electron chi connectivity index (χ3n) is 7.87. The lowest BCUT2D eigenvalue weighted by atomic mass is 9.61. The van der Waals surface area contributed by atoms with Gasteiger partial charge in [-0.15, -0.1) is 0 Å². The van der Waals surface area contributed by atoms with Crippen LogP contribution in [0.3, 0.4) is 0 Å². The van der Waals surface area contributed by atoms with Crippen molar-refractivity contribution in [3.05, 3.63) is 69.0 Å². The van der Waals surface area contributed by atoms with Gasteiger partial charge in [-0.2, -0.15) is 0 Å². The van der Waals surface area contributed by atoms with Gasteiger partial charge >= 0.3 is 6.09 Å². The van der Waals surface area contributed by atoms with E-state index in [9.17, 15) is 34.5 Å². The van der Waals surface area contributed by atoms with Gasteiger partial charge in [-0.25, -0.2) is 4.79 Å². The van der Waals surface area contributed by atoms with Crippen LogP contribution in [0.4, 0.5) is 10.5 Å². The molecule has 214 valence electrons. The van der Waals surface area contributed by atoms with Crippen molar-refractivity contribution >= 4 is 46.6 Å². The van der Waals surface area contributed by atoms with Crippen LogP contribution >= 0.6 is 11.6 Å². The number of carbonyl (C=O) groups is 4. The number of anilines is 1. The molecule has 11 nitrogen and oxygen atoms in total. The second-order valence-electron chi connectivity index (χ2n) is 10.6. The third-order valence-corrected chi connectivity index (χ3v) is 8.12. The number of nitrogens with two attached hydrogens (primary N) is 1. The Morgan fingerprint density at radius 1 is 1.12 bits per heavy atom. The monoisotopic (exact) mass is 581 g/mol. The molecule has 1 saturated carbocycles. The minimum atomic E-state index is -1.20. The number of aliphatic hydroxyl groups excluding tert-OH is 2. The van der Waals surface area contributed by atoms with Crippen molar-refractivity contribution in [3.63, 3.8) is 0 Å². The molecule has 3 aliphatic carbocycles. The maximum atomic E-state index is 13.7. The van der Waals surface area contributed by atoms with Crippen LogP contribution < -0.4 is 20.7 Å². The molecular weight excluding hydrogens is 554 g/mol. The summed E-state index contributed by atoms with van der Waals surface area (Å²) in [7, 11) is 3.57. The van der Waals surface area contributed by atoms with Gasteiger partial charge < -0.3 is 36.0 Å². The molecule has 1 fully saturated rings. The minimum Gasteiger partial charge on any atom is -0.511 e. The van der Waals surface area contributed by atoms with Crippen molar-refractivity contribution in [1.82, 2.24) is 5.32 Å². The fourth-order valence-corrected chi connectivity index (χ4v) is 6.22. The number of aromatic hydroxyl groups is 1. The molecule has 2 aromatic carbocycles. The van der Waals surface area contributed by atoms with Crippen molar-refractivity contribution in [1.29, 1.82) is 0 Å². The lowest BCUT2D eigenvalue weighted by Crippen LogP contribution is -2.44. The Balaban J connectivity index is 1.51. The molecule has 0 aliphatic heterocycles. The number of primary amides is 1. The standard InChI is InChI=1S/C29H28ClN3O8/c1-33(2)18-9-14(11-32-29(40)41-16-5-3-15(30)4-6-16)24(35)22-17(18)8-12-7-13-10-19(34)23(28(31)39)27(38)21(13)25(36)20(12)26(22)37/h3-6,9,12-13,21,35,37-38H,7-8,10-11H2,1-2H3,(H2,31,39)(H,32,40). The number of nitrogens with zero attached hydrogens (tertiary/aromatic N) is 1. The Labute approximate surface area is 239 Å². The van der Waals surface area contributed by atoms with Gasteiger partial charge in [-0.05, 0) is 60.6 Å². The molecule has 5 rings (SSSR count). The first kappa shape index (κ1) is 28.0. The van der Waals surface area contributed by atoms with Gasteiger partial charge in [0, 0.05) is 48.9 Å². The minimum absolute atomic E-state index is 0.00994. The summed E-state index contributed by atoms with van der Waals surface area (Å²) < 4.78 is 5.23. The summed E-state index contributed by atoms with van der Waals surface area (Å²) in [5.74, 6) is -5.79. The van der Waals surface area contributed by atoms with E-state index >= 15 is 0 Å². The molecule has 2 amide bonds. The first-order valence-corrected chi connectivity index (χ1v) is 13.3. The van der Waals surface area contributed by atoms with Crippen molar-refractivity contribution in [2.75, 3.05) is 19.0 Å². The summed E-state index contributed by atoms with van der Waals surface area (Å²) in [6, 6.07) is 7.86. The van der Waals surface area contributed by atoms with E-state index in [-0.39, 0.29) is 47.6 Å². The number of fused-ring (bicyclic) bond motifs is 3. The number of rotatable bonds is 5. The number of allylic oxidation sites excluding steroid dienone is 2. The Bertz CT molecular complexity index is 1560. The summed E-state index contributed by atoms with van der Waals surface area (Å²) >= 11 is 5.85. The van der Waals surface area contributed by atoms with Crippen LogP contribution in [0.2, 0.25) is 5.02 Å². The van der Waals surface area contributed by atoms with E-state index in [4.69, 9.17) is 22.1 Å². The zero-order valence-corrected chi connectivity index (χ0v) is 23.0. The Morgan fingerprint density at radius 2 is 1.80 bits per heavy atom. The maximum absolute atomic E-state index is 13.7. The molecule has 0 bridgehead atoms. The van der Waals surface area contributed by atoms with E-state index in [2.05, 4.69) is 5.32 Å². The summed E-state index contributed by atoms with van der Waals surface area (Å²) in [6.45, 7) is -0.162. The predicted molar refractivity (Wildman–Crippen MR) is 149 cm³/mol. The first-order chi connectivity index (χ1) is 19.4. The average molecular weight is 582 g/mol. The molecular formula is C29H28ClN3O8. The number of hydrogen-bond acceptors (Lipinski definition) is 9. The molecule has 2 aromatic rings. The molecule has 0 radical (unpaired) electrons. The molecule has 0 spiro atoms. The second-order valence-corrected chi connectivity index (χ2v) is 11.0. The highest BCUT2D eigenvalue weighted by Crippen LogP contribution is 2.52. The topological polar surface area (TPSA) is 179 Å². The van der Waals surface area contributed by atoms with Crippen LogP contribution in [0.5, 0.6) is 11.5 Å². The molecule has 0 saturated heterocycles. The number of ketones is 2. The summed E-state index contributed by atoms with van der Waals surface area (Å²) in [6.07, 6.45) is -0.340. The summed E-state index contributed by atoms with van der Waals surface area (Å²) in [5.41, 5.74) is 6.25. The Morgan fingerprint density at radius 3 is 2.44 bits per heavy atom. The first-order valence-electron chi connectivity index (χ1n) is 12.9. The zero-order valence-electron chi connectivity index (χ0n) is 22.2. The summed E-state index contributed by atoms with van der Waals surface area (Å²) in [4.78, 5) is 52.2. The number of hydrogen-bond donors (Lipinski definition) is 5. The van der Waals surface area contributed by atoms with E-state index in [1.165, 1.54) is 12.1 Å². The van der Waals surface area contributed by atoms with Crippen molar-refractivity contribution in [2.45, 2.75) is 25.8 Å². The SMILES string of the molecule is CN(C)c1cc(CNC(=O)Oc2ccc(Cl)cc2)c(O)c2c1CC1CC3CC(=O)C(C(N)=O)=C(O)C3C(=O)C1=C2O. The fourth-order valence-electron chi connectivity index (χ4n) is 6.09. The van der Waals surface area contributed by atoms with Crippen LogP contribution in [0.1, 0.15) is 29.5 Å². The van der Waals surface area contributed by atoms with E-state index in [1.54, 1.807) is 37.2 Å². The molecule has 3 unspecified atom stereocenters. The number of amides is 2. The number of phenolic OH excluding ortho intramolecular Hbond substituents is 1. The van der Waals surface area contributed by atoms with Crippen molar-refractivity contribution in [3.8, 4) is 11.5 Å². The highest BCUT2D eigenvalue weighted by atomic mass is 35.5. The van der Waals surface area contributed by atoms with E-state index in [0.717, 1.165) is 0 Å². The lowest BCUT2D eigenvalue weighted by Gasteiger charge is -2.41.